The molecule has 0 spiro atoms. The second-order valence-electron chi connectivity index (χ2n) is 5.47. The highest BCUT2D eigenvalue weighted by molar-refractivity contribution is 4.80. The lowest BCUT2D eigenvalue weighted by Gasteiger charge is -2.32. The molecular formula is C13H27NO2. The van der Waals surface area contributed by atoms with E-state index in [0.29, 0.717) is 25.1 Å². The molecule has 3 nitrogen and oxygen atoms in total. The summed E-state index contributed by atoms with van der Waals surface area (Å²) in [4.78, 5) is 0. The molecule has 1 saturated carbocycles. The molecular weight excluding hydrogens is 202 g/mol. The molecule has 0 aliphatic heterocycles. The third-order valence-corrected chi connectivity index (χ3v) is 3.29. The first kappa shape index (κ1) is 13.9. The van der Waals surface area contributed by atoms with E-state index in [-0.39, 0.29) is 6.10 Å². The van der Waals surface area contributed by atoms with E-state index in [9.17, 15) is 5.11 Å². The van der Waals surface area contributed by atoms with Gasteiger partial charge in [0.1, 0.15) is 0 Å². The Hall–Kier alpha value is -0.120. The van der Waals surface area contributed by atoms with Gasteiger partial charge in [-0.05, 0) is 31.6 Å². The minimum atomic E-state index is -0.374. The highest BCUT2D eigenvalue weighted by Gasteiger charge is 2.23. The van der Waals surface area contributed by atoms with Crippen LogP contribution in [0.4, 0.5) is 0 Å². The van der Waals surface area contributed by atoms with Crippen LogP contribution in [0.3, 0.4) is 0 Å². The van der Waals surface area contributed by atoms with Gasteiger partial charge in [0.2, 0.25) is 0 Å². The Kier molecular flexibility index (Phi) is 6.32. The van der Waals surface area contributed by atoms with Gasteiger partial charge in [-0.2, -0.15) is 0 Å². The summed E-state index contributed by atoms with van der Waals surface area (Å²) in [5.74, 6) is 1.36. The average Bonchev–Trinajstić information content (AvgIpc) is 2.11. The normalized spacial score (nSPS) is 20.8. The van der Waals surface area contributed by atoms with Gasteiger partial charge in [-0.3, -0.25) is 0 Å². The molecule has 0 radical (unpaired) electrons. The molecule has 16 heavy (non-hydrogen) atoms. The maximum absolute atomic E-state index is 9.70. The molecule has 1 fully saturated rings. The van der Waals surface area contributed by atoms with Crippen molar-refractivity contribution >= 4 is 0 Å². The highest BCUT2D eigenvalue weighted by atomic mass is 16.5. The van der Waals surface area contributed by atoms with Crippen molar-refractivity contribution in [1.82, 2.24) is 5.32 Å². The smallest absolute Gasteiger partial charge is 0.0897 e. The van der Waals surface area contributed by atoms with Crippen molar-refractivity contribution in [2.75, 3.05) is 19.8 Å². The number of aliphatic hydroxyl groups is 1. The zero-order chi connectivity index (χ0) is 12.0. The maximum Gasteiger partial charge on any atom is 0.0897 e. The van der Waals surface area contributed by atoms with Gasteiger partial charge in [-0.15, -0.1) is 0 Å². The molecule has 1 aliphatic rings. The van der Waals surface area contributed by atoms with Crippen LogP contribution in [-0.4, -0.2) is 37.0 Å². The van der Waals surface area contributed by atoms with Gasteiger partial charge in [0.15, 0.2) is 0 Å². The Labute approximate surface area is 99.6 Å². The summed E-state index contributed by atoms with van der Waals surface area (Å²) in [6, 6.07) is 0.536. The SMILES string of the molecule is CC(C)COCC(O)CNC(C)C1CCC1. The highest BCUT2D eigenvalue weighted by Crippen LogP contribution is 2.29. The Morgan fingerprint density at radius 2 is 1.94 bits per heavy atom. The second kappa shape index (κ2) is 7.25. The van der Waals surface area contributed by atoms with E-state index in [1.165, 1.54) is 19.3 Å². The predicted octanol–water partition coefficient (Wildman–Crippen LogP) is 1.80. The second-order valence-corrected chi connectivity index (χ2v) is 5.47. The van der Waals surface area contributed by atoms with Gasteiger partial charge in [0, 0.05) is 19.2 Å². The summed E-state index contributed by atoms with van der Waals surface area (Å²) in [7, 11) is 0. The number of rotatable bonds is 8. The molecule has 0 bridgehead atoms. The summed E-state index contributed by atoms with van der Waals surface area (Å²) >= 11 is 0. The number of hydrogen-bond donors (Lipinski definition) is 2. The van der Waals surface area contributed by atoms with Crippen molar-refractivity contribution in [3.05, 3.63) is 0 Å². The van der Waals surface area contributed by atoms with E-state index in [0.717, 1.165) is 12.5 Å². The van der Waals surface area contributed by atoms with Crippen LogP contribution in [0.5, 0.6) is 0 Å². The van der Waals surface area contributed by atoms with Crippen LogP contribution in [0.25, 0.3) is 0 Å². The molecule has 0 heterocycles. The molecule has 0 amide bonds. The van der Waals surface area contributed by atoms with Crippen molar-refractivity contribution in [1.29, 1.82) is 0 Å². The summed E-state index contributed by atoms with van der Waals surface area (Å²) in [6.07, 6.45) is 3.68. The van der Waals surface area contributed by atoms with Gasteiger partial charge in [0.05, 0.1) is 12.7 Å². The first-order chi connectivity index (χ1) is 7.59. The molecule has 0 saturated heterocycles. The molecule has 2 atom stereocenters. The maximum atomic E-state index is 9.70. The summed E-state index contributed by atoms with van der Waals surface area (Å²) < 4.78 is 5.40. The van der Waals surface area contributed by atoms with Crippen molar-refractivity contribution in [2.24, 2.45) is 11.8 Å². The third-order valence-electron chi connectivity index (χ3n) is 3.29. The standard InChI is InChI=1S/C13H27NO2/c1-10(2)8-16-9-13(15)7-14-11(3)12-5-4-6-12/h10-15H,4-9H2,1-3H3. The largest absolute Gasteiger partial charge is 0.389 e. The minimum absolute atomic E-state index is 0.374. The lowest BCUT2D eigenvalue weighted by atomic mass is 9.80. The van der Waals surface area contributed by atoms with Crippen molar-refractivity contribution in [3.63, 3.8) is 0 Å². The van der Waals surface area contributed by atoms with Crippen molar-refractivity contribution in [3.8, 4) is 0 Å². The number of nitrogens with one attached hydrogen (secondary N) is 1. The fourth-order valence-corrected chi connectivity index (χ4v) is 1.93. The van der Waals surface area contributed by atoms with Crippen molar-refractivity contribution in [2.45, 2.75) is 52.2 Å². The van der Waals surface area contributed by atoms with E-state index in [2.05, 4.69) is 26.1 Å². The molecule has 1 aliphatic carbocycles. The Bertz CT molecular complexity index is 181. The van der Waals surface area contributed by atoms with Crippen LogP contribution in [0.15, 0.2) is 0 Å². The zero-order valence-electron chi connectivity index (χ0n) is 10.9. The van der Waals surface area contributed by atoms with Crippen LogP contribution in [0.1, 0.15) is 40.0 Å². The molecule has 96 valence electrons. The Morgan fingerprint density at radius 1 is 1.25 bits per heavy atom. The van der Waals surface area contributed by atoms with E-state index in [1.807, 2.05) is 0 Å². The lowest BCUT2D eigenvalue weighted by molar-refractivity contribution is 0.0235. The zero-order valence-corrected chi connectivity index (χ0v) is 10.9. The van der Waals surface area contributed by atoms with Crippen LogP contribution in [0.2, 0.25) is 0 Å². The molecule has 0 aromatic rings. The van der Waals surface area contributed by atoms with Gasteiger partial charge >= 0.3 is 0 Å². The summed E-state index contributed by atoms with van der Waals surface area (Å²) in [5, 5.41) is 13.1. The van der Waals surface area contributed by atoms with E-state index in [1.54, 1.807) is 0 Å². The predicted molar refractivity (Wildman–Crippen MR) is 66.5 cm³/mol. The van der Waals surface area contributed by atoms with E-state index in [4.69, 9.17) is 4.74 Å². The third kappa shape index (κ3) is 5.28. The van der Waals surface area contributed by atoms with Gasteiger partial charge in [-0.25, -0.2) is 0 Å². The fraction of sp³-hybridized carbons (Fsp3) is 1.00. The topological polar surface area (TPSA) is 41.5 Å². The quantitative estimate of drug-likeness (QED) is 0.667. The monoisotopic (exact) mass is 229 g/mol. The van der Waals surface area contributed by atoms with Gasteiger partial charge in [-0.1, -0.05) is 20.3 Å². The molecule has 0 aromatic carbocycles. The molecule has 0 aromatic heterocycles. The van der Waals surface area contributed by atoms with Gasteiger partial charge < -0.3 is 15.2 Å². The van der Waals surface area contributed by atoms with Gasteiger partial charge in [0.25, 0.3) is 0 Å². The van der Waals surface area contributed by atoms with Crippen LogP contribution in [0, 0.1) is 11.8 Å². The first-order valence-corrected chi connectivity index (χ1v) is 6.58. The van der Waals surface area contributed by atoms with E-state index >= 15 is 0 Å². The van der Waals surface area contributed by atoms with E-state index < -0.39 is 0 Å². The molecule has 2 N–H and O–H groups in total. The van der Waals surface area contributed by atoms with Crippen LogP contribution in [-0.2, 0) is 4.74 Å². The number of aliphatic hydroxyl groups excluding tert-OH is 1. The molecule has 3 heteroatoms. The first-order valence-electron chi connectivity index (χ1n) is 6.58. The fourth-order valence-electron chi connectivity index (χ4n) is 1.93. The Morgan fingerprint density at radius 3 is 2.44 bits per heavy atom. The van der Waals surface area contributed by atoms with Crippen LogP contribution < -0.4 is 5.32 Å². The van der Waals surface area contributed by atoms with Crippen LogP contribution >= 0.6 is 0 Å². The summed E-state index contributed by atoms with van der Waals surface area (Å²) in [6.45, 7) is 8.27. The summed E-state index contributed by atoms with van der Waals surface area (Å²) in [5.41, 5.74) is 0. The lowest BCUT2D eigenvalue weighted by Crippen LogP contribution is -2.42. The molecule has 1 rings (SSSR count). The Balaban J connectivity index is 1.98. The average molecular weight is 229 g/mol. The number of ether oxygens (including phenoxy) is 1. The number of hydrogen-bond acceptors (Lipinski definition) is 3. The van der Waals surface area contributed by atoms with Crippen molar-refractivity contribution < 1.29 is 9.84 Å². The minimum Gasteiger partial charge on any atom is -0.389 e. The molecule has 2 unspecified atom stereocenters.